The number of rotatable bonds is 4. The van der Waals surface area contributed by atoms with Gasteiger partial charge >= 0.3 is 0 Å². The lowest BCUT2D eigenvalue weighted by molar-refractivity contribution is -0.634. The third-order valence-electron chi connectivity index (χ3n) is 2.05. The molecular formula is C10H16NO3+. The summed E-state index contributed by atoms with van der Waals surface area (Å²) in [6.07, 6.45) is -0.533. The maximum absolute atomic E-state index is 9.66. The first kappa shape index (κ1) is 10.8. The fourth-order valence-corrected chi connectivity index (χ4v) is 1.26. The number of benzene rings is 1. The smallest absolute Gasteiger partial charge is 0.160 e. The molecule has 0 aliphatic carbocycles. The second kappa shape index (κ2) is 4.83. The topological polar surface area (TPSA) is 66.3 Å². The number of hydrogen-bond acceptors (Lipinski definition) is 3. The summed E-state index contributed by atoms with van der Waals surface area (Å²) in [6, 6.07) is 4.85. The molecule has 1 rings (SSSR count). The summed E-state index contributed by atoms with van der Waals surface area (Å²) in [5.74, 6) is 0.474. The van der Waals surface area contributed by atoms with Crippen molar-refractivity contribution in [3.8, 4) is 11.5 Å². The third kappa shape index (κ3) is 2.37. The Labute approximate surface area is 83.1 Å². The summed E-state index contributed by atoms with van der Waals surface area (Å²) < 4.78 is 4.94. The minimum absolute atomic E-state index is 0.0870. The molecule has 0 bridgehead atoms. The van der Waals surface area contributed by atoms with E-state index in [0.29, 0.717) is 12.3 Å². The molecule has 1 atom stereocenters. The molecule has 14 heavy (non-hydrogen) atoms. The summed E-state index contributed by atoms with van der Waals surface area (Å²) in [5.41, 5.74) is 0.748. The quantitative estimate of drug-likeness (QED) is 0.618. The highest BCUT2D eigenvalue weighted by Gasteiger charge is 2.11. The molecular weight excluding hydrogens is 182 g/mol. The third-order valence-corrected chi connectivity index (χ3v) is 2.05. The Morgan fingerprint density at radius 2 is 2.21 bits per heavy atom. The van der Waals surface area contributed by atoms with Crippen molar-refractivity contribution in [2.45, 2.75) is 6.10 Å². The van der Waals surface area contributed by atoms with E-state index in [1.54, 1.807) is 12.1 Å². The number of phenolic OH excluding ortho intramolecular Hbond substituents is 1. The van der Waals surface area contributed by atoms with Crippen molar-refractivity contribution >= 4 is 0 Å². The zero-order chi connectivity index (χ0) is 10.6. The molecule has 1 aromatic carbocycles. The Kier molecular flexibility index (Phi) is 3.73. The van der Waals surface area contributed by atoms with Crippen LogP contribution in [-0.4, -0.2) is 30.9 Å². The van der Waals surface area contributed by atoms with Crippen molar-refractivity contribution < 1.29 is 20.3 Å². The first-order valence-electron chi connectivity index (χ1n) is 4.51. The van der Waals surface area contributed by atoms with Crippen LogP contribution >= 0.6 is 0 Å². The Morgan fingerprint density at radius 3 is 2.79 bits per heavy atom. The molecule has 0 unspecified atom stereocenters. The average Bonchev–Trinajstić information content (AvgIpc) is 2.19. The fourth-order valence-electron chi connectivity index (χ4n) is 1.26. The summed E-state index contributed by atoms with van der Waals surface area (Å²) >= 11 is 0. The lowest BCUT2D eigenvalue weighted by Crippen LogP contribution is -2.80. The molecule has 0 aliphatic rings. The van der Waals surface area contributed by atoms with Gasteiger partial charge in [0.1, 0.15) is 12.6 Å². The van der Waals surface area contributed by atoms with Crippen LogP contribution in [0, 0.1) is 0 Å². The van der Waals surface area contributed by atoms with Gasteiger partial charge in [0, 0.05) is 0 Å². The van der Waals surface area contributed by atoms with Crippen molar-refractivity contribution in [3.05, 3.63) is 23.8 Å². The number of likely N-dealkylation sites (N-methyl/N-ethyl adjacent to an activating group) is 1. The lowest BCUT2D eigenvalue weighted by Gasteiger charge is -2.10. The summed E-state index contributed by atoms with van der Waals surface area (Å²) in [5, 5.41) is 20.9. The van der Waals surface area contributed by atoms with E-state index in [2.05, 4.69) is 0 Å². The molecule has 0 saturated carbocycles. The minimum Gasteiger partial charge on any atom is -0.504 e. The van der Waals surface area contributed by atoms with Gasteiger partial charge in [-0.05, 0) is 17.7 Å². The van der Waals surface area contributed by atoms with Gasteiger partial charge in [0.05, 0.1) is 14.2 Å². The van der Waals surface area contributed by atoms with Gasteiger partial charge in [0.2, 0.25) is 0 Å². The zero-order valence-corrected chi connectivity index (χ0v) is 8.40. The van der Waals surface area contributed by atoms with Crippen LogP contribution in [0.3, 0.4) is 0 Å². The van der Waals surface area contributed by atoms with Crippen LogP contribution in [-0.2, 0) is 0 Å². The molecule has 78 valence electrons. The molecule has 0 fully saturated rings. The van der Waals surface area contributed by atoms with Gasteiger partial charge in [0.15, 0.2) is 11.5 Å². The Balaban J connectivity index is 2.88. The molecule has 0 spiro atoms. The molecule has 0 amide bonds. The number of nitrogens with two attached hydrogens (primary N) is 1. The fraction of sp³-hybridized carbons (Fsp3) is 0.400. The predicted octanol–water partition coefficient (Wildman–Crippen LogP) is -0.373. The molecule has 1 aromatic rings. The van der Waals surface area contributed by atoms with E-state index in [1.165, 1.54) is 13.2 Å². The number of methoxy groups -OCH3 is 1. The lowest BCUT2D eigenvalue weighted by atomic mass is 10.1. The Bertz CT molecular complexity index is 301. The predicted molar refractivity (Wildman–Crippen MR) is 52.3 cm³/mol. The normalized spacial score (nSPS) is 12.5. The van der Waals surface area contributed by atoms with Gasteiger partial charge in [-0.1, -0.05) is 6.07 Å². The number of quaternary nitrogens is 1. The van der Waals surface area contributed by atoms with Gasteiger partial charge in [0.25, 0.3) is 0 Å². The molecule has 4 N–H and O–H groups in total. The van der Waals surface area contributed by atoms with Crippen LogP contribution in [0.2, 0.25) is 0 Å². The Morgan fingerprint density at radius 1 is 1.50 bits per heavy atom. The van der Waals surface area contributed by atoms with E-state index < -0.39 is 6.10 Å². The van der Waals surface area contributed by atoms with Gasteiger partial charge in [-0.25, -0.2) is 0 Å². The summed E-state index contributed by atoms with van der Waals surface area (Å²) in [6.45, 7) is 0.591. The highest BCUT2D eigenvalue weighted by molar-refractivity contribution is 5.42. The monoisotopic (exact) mass is 198 g/mol. The maximum atomic E-state index is 9.66. The van der Waals surface area contributed by atoms with Crippen LogP contribution < -0.4 is 10.1 Å². The first-order chi connectivity index (χ1) is 6.69. The standard InChI is InChI=1S/C10H15NO3/c1-11-6-9(13)7-3-4-8(12)10(5-7)14-2/h3-5,9,11-13H,6H2,1-2H3/p+1/t9-/m0/s1. The minimum atomic E-state index is -0.533. The molecule has 0 saturated heterocycles. The van der Waals surface area contributed by atoms with Crippen molar-refractivity contribution in [2.24, 2.45) is 0 Å². The van der Waals surface area contributed by atoms with Crippen molar-refractivity contribution in [2.75, 3.05) is 20.7 Å². The molecule has 0 aromatic heterocycles. The molecule has 4 nitrogen and oxygen atoms in total. The van der Waals surface area contributed by atoms with Gasteiger partial charge in [-0.2, -0.15) is 0 Å². The van der Waals surface area contributed by atoms with E-state index in [9.17, 15) is 10.2 Å². The number of aromatic hydroxyl groups is 1. The molecule has 0 radical (unpaired) electrons. The van der Waals surface area contributed by atoms with Crippen LogP contribution in [0.1, 0.15) is 11.7 Å². The summed E-state index contributed by atoms with van der Waals surface area (Å²) in [4.78, 5) is 0. The van der Waals surface area contributed by atoms with Gasteiger partial charge in [-0.15, -0.1) is 0 Å². The zero-order valence-electron chi connectivity index (χ0n) is 8.40. The summed E-state index contributed by atoms with van der Waals surface area (Å²) in [7, 11) is 3.37. The van der Waals surface area contributed by atoms with Crippen LogP contribution in [0.25, 0.3) is 0 Å². The van der Waals surface area contributed by atoms with Crippen LogP contribution in [0.15, 0.2) is 18.2 Å². The van der Waals surface area contributed by atoms with E-state index in [1.807, 2.05) is 12.4 Å². The SMILES string of the molecule is C[NH2+]C[C@H](O)c1ccc(O)c(OC)c1. The largest absolute Gasteiger partial charge is 0.504 e. The molecule has 0 aliphatic heterocycles. The van der Waals surface area contributed by atoms with Crippen molar-refractivity contribution in [3.63, 3.8) is 0 Å². The Hall–Kier alpha value is -1.26. The van der Waals surface area contributed by atoms with Crippen molar-refractivity contribution in [1.29, 1.82) is 0 Å². The maximum Gasteiger partial charge on any atom is 0.160 e. The number of aliphatic hydroxyl groups excluding tert-OH is 1. The van der Waals surface area contributed by atoms with Gasteiger partial charge in [-0.3, -0.25) is 0 Å². The first-order valence-corrected chi connectivity index (χ1v) is 4.51. The highest BCUT2D eigenvalue weighted by Crippen LogP contribution is 2.28. The molecule has 4 heteroatoms. The highest BCUT2D eigenvalue weighted by atomic mass is 16.5. The van der Waals surface area contributed by atoms with Crippen LogP contribution in [0.5, 0.6) is 11.5 Å². The second-order valence-electron chi connectivity index (χ2n) is 3.09. The van der Waals surface area contributed by atoms with E-state index in [-0.39, 0.29) is 5.75 Å². The van der Waals surface area contributed by atoms with Gasteiger partial charge < -0.3 is 20.3 Å². The van der Waals surface area contributed by atoms with E-state index in [0.717, 1.165) is 5.56 Å². The van der Waals surface area contributed by atoms with E-state index >= 15 is 0 Å². The van der Waals surface area contributed by atoms with Crippen LogP contribution in [0.4, 0.5) is 0 Å². The molecule has 0 heterocycles. The average molecular weight is 198 g/mol. The number of aliphatic hydroxyl groups is 1. The number of hydrogen-bond donors (Lipinski definition) is 3. The second-order valence-corrected chi connectivity index (χ2v) is 3.09. The van der Waals surface area contributed by atoms with E-state index in [4.69, 9.17) is 4.74 Å². The van der Waals surface area contributed by atoms with Crippen molar-refractivity contribution in [1.82, 2.24) is 0 Å². The number of ether oxygens (including phenoxy) is 1. The number of phenols is 1.